The Hall–Kier alpha value is -2.80. The van der Waals surface area contributed by atoms with Crippen LogP contribution in [-0.2, 0) is 10.7 Å². The van der Waals surface area contributed by atoms with Gasteiger partial charge in [-0.2, -0.15) is 0 Å². The number of thiol groups is 1. The maximum atomic E-state index is 10.3. The van der Waals surface area contributed by atoms with E-state index in [0.29, 0.717) is 11.8 Å². The van der Waals surface area contributed by atoms with Crippen molar-refractivity contribution >= 4 is 59.8 Å². The van der Waals surface area contributed by atoms with E-state index in [9.17, 15) is 13.2 Å². The summed E-state index contributed by atoms with van der Waals surface area (Å²) in [6.45, 7) is 0. The largest absolute Gasteiger partial charge is 0.298 e. The Morgan fingerprint density at radius 2 is 1.10 bits per heavy atom. The van der Waals surface area contributed by atoms with Crippen molar-refractivity contribution < 1.29 is 13.2 Å². The molecule has 0 saturated carbocycles. The monoisotopic (exact) mass is 438 g/mol. The third-order valence-electron chi connectivity index (χ3n) is 3.96. The van der Waals surface area contributed by atoms with Crippen molar-refractivity contribution in [3.8, 4) is 0 Å². The molecule has 0 radical (unpaired) electrons. The van der Waals surface area contributed by atoms with Gasteiger partial charge in [-0.25, -0.2) is 8.42 Å². The summed E-state index contributed by atoms with van der Waals surface area (Å²) in [6.07, 6.45) is 0.668. The lowest BCUT2D eigenvalue weighted by Gasteiger charge is -1.89. The number of carbonyl (C=O) groups excluding carboxylic acids is 1. The van der Waals surface area contributed by atoms with Crippen LogP contribution in [0.15, 0.2) is 101 Å². The minimum atomic E-state index is -2.53. The zero-order chi connectivity index (χ0) is 20.5. The van der Waals surface area contributed by atoms with E-state index in [4.69, 9.17) is 0 Å². The van der Waals surface area contributed by atoms with Gasteiger partial charge in [0.15, 0.2) is 10.7 Å². The first-order valence-electron chi connectivity index (χ1n) is 8.71. The standard InChI is InChI=1S/2C8H6S.C7H6O3S/c2*1-2-4-8-7(3-1)5-6-9-8;8-5-6-1-3-7(4-2-6)11(9)10/h2*1-6H;1-5,11H. The summed E-state index contributed by atoms with van der Waals surface area (Å²) < 4.78 is 23.4. The molecule has 2 aromatic heterocycles. The fraction of sp³-hybridized carbons (Fsp3) is 0. The van der Waals surface area contributed by atoms with E-state index in [1.54, 1.807) is 22.7 Å². The van der Waals surface area contributed by atoms with Crippen LogP contribution in [0.25, 0.3) is 20.2 Å². The van der Waals surface area contributed by atoms with Gasteiger partial charge in [-0.1, -0.05) is 48.5 Å². The molecule has 0 aliphatic carbocycles. The van der Waals surface area contributed by atoms with Gasteiger partial charge >= 0.3 is 0 Å². The molecule has 6 heteroatoms. The van der Waals surface area contributed by atoms with Crippen molar-refractivity contribution in [1.29, 1.82) is 0 Å². The number of benzene rings is 3. The molecule has 146 valence electrons. The highest BCUT2D eigenvalue weighted by molar-refractivity contribution is 7.72. The van der Waals surface area contributed by atoms with Crippen LogP contribution in [0.3, 0.4) is 0 Å². The van der Waals surface area contributed by atoms with Gasteiger partial charge in [-0.15, -0.1) is 22.7 Å². The first kappa shape index (κ1) is 20.9. The summed E-state index contributed by atoms with van der Waals surface area (Å²) in [6, 6.07) is 26.8. The molecule has 0 amide bonds. The Balaban J connectivity index is 0.000000125. The number of thiophene rings is 2. The Kier molecular flexibility index (Phi) is 7.69. The topological polar surface area (TPSA) is 51.2 Å². The van der Waals surface area contributed by atoms with Gasteiger partial charge in [0.25, 0.3) is 0 Å². The van der Waals surface area contributed by atoms with Crippen LogP contribution < -0.4 is 0 Å². The van der Waals surface area contributed by atoms with E-state index < -0.39 is 10.7 Å². The van der Waals surface area contributed by atoms with E-state index >= 15 is 0 Å². The number of carbonyl (C=O) groups is 1. The third kappa shape index (κ3) is 6.09. The first-order chi connectivity index (χ1) is 14.2. The molecule has 29 heavy (non-hydrogen) atoms. The van der Waals surface area contributed by atoms with E-state index in [2.05, 4.69) is 71.4 Å². The maximum Gasteiger partial charge on any atom is 0.168 e. The van der Waals surface area contributed by atoms with Gasteiger partial charge in [0.1, 0.15) is 6.29 Å². The highest BCUT2D eigenvalue weighted by Crippen LogP contribution is 2.19. The van der Waals surface area contributed by atoms with E-state index in [0.717, 1.165) is 0 Å². The first-order valence-corrected chi connectivity index (χ1v) is 11.6. The molecule has 0 atom stereocenters. The SMILES string of the molecule is O=Cc1ccc([SH](=O)=O)cc1.c1ccc2sccc2c1.c1ccc2sccc2c1. The van der Waals surface area contributed by atoms with Gasteiger partial charge in [0.2, 0.25) is 0 Å². The summed E-state index contributed by atoms with van der Waals surface area (Å²) in [7, 11) is -2.53. The molecular weight excluding hydrogens is 420 g/mol. The molecule has 0 aliphatic rings. The highest BCUT2D eigenvalue weighted by Gasteiger charge is 1.93. The van der Waals surface area contributed by atoms with Crippen LogP contribution >= 0.6 is 22.7 Å². The van der Waals surface area contributed by atoms with Gasteiger partial charge in [0, 0.05) is 15.0 Å². The second kappa shape index (κ2) is 10.7. The van der Waals surface area contributed by atoms with Crippen molar-refractivity contribution in [3.63, 3.8) is 0 Å². The van der Waals surface area contributed by atoms with Gasteiger partial charge < -0.3 is 0 Å². The Labute approximate surface area is 178 Å². The zero-order valence-electron chi connectivity index (χ0n) is 15.3. The van der Waals surface area contributed by atoms with Crippen LogP contribution in [0.4, 0.5) is 0 Å². The van der Waals surface area contributed by atoms with E-state index in [-0.39, 0.29) is 4.90 Å². The molecule has 0 spiro atoms. The summed E-state index contributed by atoms with van der Waals surface area (Å²) in [5.74, 6) is 0. The van der Waals surface area contributed by atoms with Crippen molar-refractivity contribution in [2.75, 3.05) is 0 Å². The number of aldehydes is 1. The van der Waals surface area contributed by atoms with Crippen molar-refractivity contribution in [3.05, 3.63) is 101 Å². The quantitative estimate of drug-likeness (QED) is 0.261. The molecule has 0 saturated heterocycles. The van der Waals surface area contributed by atoms with Gasteiger partial charge in [-0.3, -0.25) is 4.79 Å². The number of hydrogen-bond acceptors (Lipinski definition) is 5. The van der Waals surface area contributed by atoms with Crippen molar-refractivity contribution in [1.82, 2.24) is 0 Å². The van der Waals surface area contributed by atoms with Crippen LogP contribution in [0.2, 0.25) is 0 Å². The number of hydrogen-bond donors (Lipinski definition) is 1. The lowest BCUT2D eigenvalue weighted by molar-refractivity contribution is 0.112. The maximum absolute atomic E-state index is 10.3. The van der Waals surface area contributed by atoms with Crippen molar-refractivity contribution in [2.24, 2.45) is 0 Å². The smallest absolute Gasteiger partial charge is 0.168 e. The van der Waals surface area contributed by atoms with Gasteiger partial charge in [-0.05, 0) is 57.9 Å². The molecule has 5 aromatic rings. The minimum absolute atomic E-state index is 0.227. The third-order valence-corrected chi connectivity index (χ3v) is 6.48. The molecule has 5 rings (SSSR count). The van der Waals surface area contributed by atoms with Crippen LogP contribution in [0.1, 0.15) is 10.4 Å². The second-order valence-corrected chi connectivity index (χ2v) is 8.81. The molecule has 3 aromatic carbocycles. The molecule has 0 bridgehead atoms. The molecule has 0 N–H and O–H groups in total. The summed E-state index contributed by atoms with van der Waals surface area (Å²) in [4.78, 5) is 10.4. The molecular formula is C23H18O3S3. The average Bonchev–Trinajstić information content (AvgIpc) is 3.44. The fourth-order valence-electron chi connectivity index (χ4n) is 2.49. The molecule has 2 heterocycles. The summed E-state index contributed by atoms with van der Waals surface area (Å²) in [5.41, 5.74) is 0.477. The Morgan fingerprint density at radius 3 is 1.52 bits per heavy atom. The van der Waals surface area contributed by atoms with E-state index in [1.807, 2.05) is 0 Å². The lowest BCUT2D eigenvalue weighted by atomic mass is 10.2. The van der Waals surface area contributed by atoms with E-state index in [1.165, 1.54) is 44.4 Å². The number of fused-ring (bicyclic) bond motifs is 2. The Bertz CT molecular complexity index is 1130. The highest BCUT2D eigenvalue weighted by atomic mass is 32.2. The van der Waals surface area contributed by atoms with Crippen LogP contribution in [0, 0.1) is 0 Å². The van der Waals surface area contributed by atoms with Crippen LogP contribution in [0.5, 0.6) is 0 Å². The zero-order valence-corrected chi connectivity index (χ0v) is 17.8. The average molecular weight is 439 g/mol. The predicted octanol–water partition coefficient (Wildman–Crippen LogP) is 6.27. The van der Waals surface area contributed by atoms with Gasteiger partial charge in [0.05, 0.1) is 4.90 Å². The van der Waals surface area contributed by atoms with Crippen molar-refractivity contribution in [2.45, 2.75) is 4.90 Å². The lowest BCUT2D eigenvalue weighted by Crippen LogP contribution is -1.82. The van der Waals surface area contributed by atoms with Crippen LogP contribution in [-0.4, -0.2) is 14.7 Å². The molecule has 0 fully saturated rings. The fourth-order valence-corrected chi connectivity index (χ4v) is 4.46. The minimum Gasteiger partial charge on any atom is -0.298 e. The summed E-state index contributed by atoms with van der Waals surface area (Å²) >= 11 is 3.57. The Morgan fingerprint density at radius 1 is 0.621 bits per heavy atom. The normalized spacial score (nSPS) is 10.1. The predicted molar refractivity (Wildman–Crippen MR) is 124 cm³/mol. The molecule has 3 nitrogen and oxygen atoms in total. The molecule has 0 unspecified atom stereocenters. The molecule has 0 aliphatic heterocycles. The second-order valence-electron chi connectivity index (χ2n) is 5.88. The summed E-state index contributed by atoms with van der Waals surface area (Å²) in [5, 5.41) is 6.93. The number of rotatable bonds is 2.